The van der Waals surface area contributed by atoms with Crippen molar-refractivity contribution in [2.45, 2.75) is 19.4 Å². The molecule has 0 heterocycles. The Hall–Kier alpha value is -0.620. The minimum atomic E-state index is -0.785. The summed E-state index contributed by atoms with van der Waals surface area (Å²) in [4.78, 5) is 0. The van der Waals surface area contributed by atoms with Crippen molar-refractivity contribution >= 4 is 16.6 Å². The number of rotatable bonds is 6. The van der Waals surface area contributed by atoms with Crippen molar-refractivity contribution in [1.82, 2.24) is 5.32 Å². The van der Waals surface area contributed by atoms with Gasteiger partial charge in [0.15, 0.2) is 0 Å². The quantitative estimate of drug-likeness (QED) is 0.237. The summed E-state index contributed by atoms with van der Waals surface area (Å²) in [6.07, 6.45) is 2.17. The average Bonchev–Trinajstić information content (AvgIpc) is 2.02. The maximum absolute atomic E-state index is 10.8. The van der Waals surface area contributed by atoms with Crippen LogP contribution in [0.4, 0.5) is 0 Å². The molecule has 6 heteroatoms. The first-order valence-electron chi connectivity index (χ1n) is 4.06. The number of nitrogens with one attached hydrogen (secondary N) is 1. The van der Waals surface area contributed by atoms with Crippen molar-refractivity contribution in [3.05, 3.63) is 0 Å². The van der Waals surface area contributed by atoms with E-state index in [-0.39, 0.29) is 11.9 Å². The fourth-order valence-electron chi connectivity index (χ4n) is 0.908. The highest BCUT2D eigenvalue weighted by Crippen LogP contribution is 1.86. The molecule has 0 rings (SSSR count). The Bertz CT molecular complexity index is 196. The zero-order valence-electron chi connectivity index (χ0n) is 7.99. The van der Waals surface area contributed by atoms with E-state index >= 15 is 0 Å². The molecule has 0 aromatic heterocycles. The van der Waals surface area contributed by atoms with E-state index in [1.807, 2.05) is 6.92 Å². The lowest BCUT2D eigenvalue weighted by Crippen LogP contribution is -2.33. The van der Waals surface area contributed by atoms with Crippen molar-refractivity contribution < 1.29 is 9.42 Å². The molecule has 2 unspecified atom stereocenters. The highest BCUT2D eigenvalue weighted by molar-refractivity contribution is 7.84. The summed E-state index contributed by atoms with van der Waals surface area (Å²) in [5.41, 5.74) is 5.26. The first-order chi connectivity index (χ1) is 6.06. The van der Waals surface area contributed by atoms with E-state index in [4.69, 9.17) is 10.9 Å². The molecule has 5 nitrogen and oxygen atoms in total. The normalized spacial score (nSPS) is 16.9. The summed E-state index contributed by atoms with van der Waals surface area (Å²) in [6.45, 7) is 2.59. The molecular weight excluding hydrogens is 190 g/mol. The first kappa shape index (κ1) is 12.4. The monoisotopic (exact) mass is 207 g/mol. The Balaban J connectivity index is 3.47. The molecule has 0 radical (unpaired) electrons. The Kier molecular flexibility index (Phi) is 6.52. The van der Waals surface area contributed by atoms with Gasteiger partial charge in [-0.25, -0.2) is 0 Å². The molecule has 0 aliphatic carbocycles. The molecule has 78 valence electrons. The average molecular weight is 207 g/mol. The van der Waals surface area contributed by atoms with E-state index in [0.717, 1.165) is 0 Å². The predicted molar refractivity (Wildman–Crippen MR) is 54.4 cm³/mol. The maximum atomic E-state index is 10.8. The summed E-state index contributed by atoms with van der Waals surface area (Å²) >= 11 is 0. The summed E-state index contributed by atoms with van der Waals surface area (Å²) in [5.74, 6) is 0.827. The van der Waals surface area contributed by atoms with Crippen LogP contribution in [0.15, 0.2) is 5.16 Å². The standard InChI is InChI=1S/C7H17N3O2S/c1-6(5-13(2)12)9-4-3-7(8)10-11/h6,9,11H,3-5H2,1-2H3,(H2,8,10). The van der Waals surface area contributed by atoms with Gasteiger partial charge >= 0.3 is 0 Å². The highest BCUT2D eigenvalue weighted by Gasteiger charge is 2.03. The lowest BCUT2D eigenvalue weighted by molar-refractivity contribution is 0.316. The first-order valence-corrected chi connectivity index (χ1v) is 5.78. The van der Waals surface area contributed by atoms with Crippen LogP contribution < -0.4 is 11.1 Å². The van der Waals surface area contributed by atoms with Crippen molar-refractivity contribution in [2.75, 3.05) is 18.6 Å². The lowest BCUT2D eigenvalue weighted by atomic mass is 10.3. The second kappa shape index (κ2) is 6.85. The van der Waals surface area contributed by atoms with Gasteiger partial charge in [0.25, 0.3) is 0 Å². The largest absolute Gasteiger partial charge is 0.409 e. The number of oxime groups is 1. The van der Waals surface area contributed by atoms with Crippen LogP contribution in [0.2, 0.25) is 0 Å². The number of hydrogen-bond donors (Lipinski definition) is 3. The van der Waals surface area contributed by atoms with Crippen LogP contribution in [0, 0.1) is 0 Å². The van der Waals surface area contributed by atoms with Gasteiger partial charge in [-0.3, -0.25) is 4.21 Å². The number of hydrogen-bond acceptors (Lipinski definition) is 4. The van der Waals surface area contributed by atoms with Crippen LogP contribution in [0.3, 0.4) is 0 Å². The Morgan fingerprint density at radius 3 is 2.85 bits per heavy atom. The Morgan fingerprint density at radius 1 is 1.77 bits per heavy atom. The molecule has 0 aliphatic rings. The Labute approximate surface area is 80.8 Å². The van der Waals surface area contributed by atoms with Crippen LogP contribution in [0.25, 0.3) is 0 Å². The van der Waals surface area contributed by atoms with Gasteiger partial charge in [-0.15, -0.1) is 0 Å². The molecule has 0 aromatic rings. The van der Waals surface area contributed by atoms with Crippen molar-refractivity contribution in [2.24, 2.45) is 10.9 Å². The molecule has 0 aliphatic heterocycles. The molecule has 2 atom stereocenters. The van der Waals surface area contributed by atoms with E-state index in [0.29, 0.717) is 18.7 Å². The second-order valence-electron chi connectivity index (χ2n) is 2.94. The van der Waals surface area contributed by atoms with Crippen molar-refractivity contribution in [3.8, 4) is 0 Å². The van der Waals surface area contributed by atoms with Gasteiger partial charge in [-0.2, -0.15) is 0 Å². The number of nitrogens with two attached hydrogens (primary N) is 1. The minimum absolute atomic E-state index is 0.192. The summed E-state index contributed by atoms with van der Waals surface area (Å²) in [6, 6.07) is 0.192. The molecule has 13 heavy (non-hydrogen) atoms. The lowest BCUT2D eigenvalue weighted by Gasteiger charge is -2.11. The number of amidine groups is 1. The number of nitrogens with zero attached hydrogens (tertiary/aromatic N) is 1. The molecule has 0 amide bonds. The van der Waals surface area contributed by atoms with Gasteiger partial charge in [0.2, 0.25) is 0 Å². The minimum Gasteiger partial charge on any atom is -0.409 e. The molecule has 0 saturated heterocycles. The molecule has 0 saturated carbocycles. The summed E-state index contributed by atoms with van der Waals surface area (Å²) in [7, 11) is -0.785. The third-order valence-electron chi connectivity index (χ3n) is 1.49. The third-order valence-corrected chi connectivity index (χ3v) is 2.46. The van der Waals surface area contributed by atoms with E-state index < -0.39 is 10.8 Å². The van der Waals surface area contributed by atoms with Crippen molar-refractivity contribution in [3.63, 3.8) is 0 Å². The van der Waals surface area contributed by atoms with Crippen LogP contribution in [0.5, 0.6) is 0 Å². The van der Waals surface area contributed by atoms with E-state index in [1.54, 1.807) is 6.26 Å². The fourth-order valence-corrected chi connectivity index (χ4v) is 1.73. The molecule has 0 fully saturated rings. The molecule has 0 aromatic carbocycles. The van der Waals surface area contributed by atoms with E-state index in [1.165, 1.54) is 0 Å². The van der Waals surface area contributed by atoms with Crippen LogP contribution in [-0.2, 0) is 10.8 Å². The summed E-state index contributed by atoms with van der Waals surface area (Å²) < 4.78 is 10.8. The van der Waals surface area contributed by atoms with Crippen molar-refractivity contribution in [1.29, 1.82) is 0 Å². The molecular formula is C7H17N3O2S. The smallest absolute Gasteiger partial charge is 0.140 e. The topological polar surface area (TPSA) is 87.7 Å². The SMILES string of the molecule is CC(CS(C)=O)NCCC(N)=NO. The van der Waals surface area contributed by atoms with Crippen LogP contribution >= 0.6 is 0 Å². The highest BCUT2D eigenvalue weighted by atomic mass is 32.2. The third kappa shape index (κ3) is 7.73. The molecule has 4 N–H and O–H groups in total. The van der Waals surface area contributed by atoms with Crippen LogP contribution in [-0.4, -0.2) is 39.8 Å². The summed E-state index contributed by atoms with van der Waals surface area (Å²) in [5, 5.41) is 14.2. The maximum Gasteiger partial charge on any atom is 0.140 e. The van der Waals surface area contributed by atoms with Crippen LogP contribution in [0.1, 0.15) is 13.3 Å². The second-order valence-corrected chi connectivity index (χ2v) is 4.42. The van der Waals surface area contributed by atoms with Gasteiger partial charge in [0.05, 0.1) is 0 Å². The molecule has 0 spiro atoms. The van der Waals surface area contributed by atoms with E-state index in [2.05, 4.69) is 10.5 Å². The Morgan fingerprint density at radius 2 is 2.38 bits per heavy atom. The fraction of sp³-hybridized carbons (Fsp3) is 0.857. The van der Waals surface area contributed by atoms with Gasteiger partial charge in [0, 0.05) is 41.8 Å². The van der Waals surface area contributed by atoms with Gasteiger partial charge < -0.3 is 16.3 Å². The van der Waals surface area contributed by atoms with E-state index in [9.17, 15) is 4.21 Å². The van der Waals surface area contributed by atoms with Gasteiger partial charge in [-0.05, 0) is 6.92 Å². The predicted octanol–water partition coefficient (Wildman–Crippen LogP) is -0.520. The van der Waals surface area contributed by atoms with Gasteiger partial charge in [-0.1, -0.05) is 5.16 Å². The van der Waals surface area contributed by atoms with Gasteiger partial charge in [0.1, 0.15) is 5.84 Å². The molecule has 0 bridgehead atoms. The zero-order chi connectivity index (χ0) is 10.3. The zero-order valence-corrected chi connectivity index (χ0v) is 8.80.